The van der Waals surface area contributed by atoms with Crippen LogP contribution in [0.2, 0.25) is 0 Å². The minimum atomic E-state index is -1.13. The Morgan fingerprint density at radius 2 is 0.871 bits per heavy atom. The number of hydrogen-bond acceptors (Lipinski definition) is 15. The summed E-state index contributed by atoms with van der Waals surface area (Å²) in [6.45, 7) is -0.131. The van der Waals surface area contributed by atoms with Crippen molar-refractivity contribution in [1.82, 2.24) is 0 Å². The molecular weight excluding hydrogens is 805 g/mol. The van der Waals surface area contributed by atoms with Crippen LogP contribution < -0.4 is 4.74 Å². The Bertz CT molecular complexity index is 2370. The highest BCUT2D eigenvalue weighted by atomic mass is 16.5. The van der Waals surface area contributed by atoms with Crippen LogP contribution in [0.25, 0.3) is 0 Å². The number of phenols is 12. The van der Waals surface area contributed by atoms with Gasteiger partial charge in [-0.15, -0.1) is 0 Å². The second kappa shape index (κ2) is 18.9. The number of aromatic hydroxyl groups is 12. The van der Waals surface area contributed by atoms with Crippen LogP contribution in [-0.2, 0) is 19.3 Å². The van der Waals surface area contributed by atoms with E-state index in [-0.39, 0.29) is 93.3 Å². The number of para-hydroxylation sites is 6. The smallest absolute Gasteiger partial charge is 0.157 e. The van der Waals surface area contributed by atoms with E-state index in [4.69, 9.17) is 35.4 Å². The van der Waals surface area contributed by atoms with Crippen molar-refractivity contribution in [3.05, 3.63) is 136 Å². The van der Waals surface area contributed by atoms with Crippen LogP contribution in [0, 0.1) is 0 Å². The predicted molar refractivity (Wildman–Crippen MR) is 225 cm³/mol. The molecule has 0 fully saturated rings. The highest BCUT2D eigenvalue weighted by Crippen LogP contribution is 2.55. The van der Waals surface area contributed by atoms with Gasteiger partial charge in [-0.25, -0.2) is 0 Å². The van der Waals surface area contributed by atoms with Crippen LogP contribution in [0.15, 0.2) is 97.1 Å². The third-order valence-electron chi connectivity index (χ3n) is 11.0. The maximum absolute atomic E-state index is 11.1. The molecule has 1 aliphatic heterocycles. The first-order chi connectivity index (χ1) is 29.6. The zero-order valence-corrected chi connectivity index (χ0v) is 33.2. The Morgan fingerprint density at radius 3 is 1.37 bits per heavy atom. The summed E-state index contributed by atoms with van der Waals surface area (Å²) in [4.78, 5) is 0. The third-order valence-corrected chi connectivity index (χ3v) is 11.0. The lowest BCUT2D eigenvalue weighted by molar-refractivity contribution is 0.0745. The molecule has 15 nitrogen and oxygen atoms in total. The molecule has 9 rings (SSSR count). The van der Waals surface area contributed by atoms with Crippen molar-refractivity contribution in [2.24, 2.45) is 0 Å². The van der Waals surface area contributed by atoms with Crippen LogP contribution >= 0.6 is 0 Å². The number of ether oxygens (including phenoxy) is 1. The average Bonchev–Trinajstić information content (AvgIpc) is 3.23. The number of hydrogen-bond donors (Lipinski definition) is 14. The van der Waals surface area contributed by atoms with E-state index in [2.05, 4.69) is 0 Å². The highest BCUT2D eigenvalue weighted by molar-refractivity contribution is 5.66. The monoisotopic (exact) mass is 852 g/mol. The first-order valence-electron chi connectivity index (χ1n) is 19.7. The van der Waals surface area contributed by atoms with Crippen LogP contribution in [0.3, 0.4) is 0 Å². The topological polar surface area (TPSA) is 292 Å². The first kappa shape index (κ1) is 44.2. The molecular formula is C47H48O15. The van der Waals surface area contributed by atoms with Gasteiger partial charge in [0.05, 0.1) is 12.2 Å². The molecule has 4 atom stereocenters. The Kier molecular flexibility index (Phi) is 13.5. The fourth-order valence-corrected chi connectivity index (χ4v) is 8.20. The molecule has 0 amide bonds. The van der Waals surface area contributed by atoms with Crippen molar-refractivity contribution >= 4 is 0 Å². The van der Waals surface area contributed by atoms with Crippen molar-refractivity contribution in [2.45, 2.75) is 62.6 Å². The van der Waals surface area contributed by atoms with Crippen LogP contribution in [0.5, 0.6) is 74.7 Å². The van der Waals surface area contributed by atoms with Gasteiger partial charge in [0.1, 0.15) is 46.9 Å². The van der Waals surface area contributed by atoms with Gasteiger partial charge in [-0.1, -0.05) is 36.4 Å². The minimum Gasteiger partial charge on any atom is -0.508 e. The fraction of sp³-hybridized carbons (Fsp3) is 0.234. The minimum absolute atomic E-state index is 0.0764. The quantitative estimate of drug-likeness (QED) is 0.0837. The molecule has 0 saturated heterocycles. The summed E-state index contributed by atoms with van der Waals surface area (Å²) < 4.78 is 5.57. The molecule has 6 aromatic carbocycles. The molecule has 3 aliphatic rings. The SMILES string of the molecule is Oc1cc(O)c2c(c1)OCC(O)[C@@H]2c1c(O)cc(O)c2c1CCCC2c1c(O)cc(O)c2c1CCC(O)C2.Oc1ccccc1O.Oc1ccccc1O.Oc1ccccc1O. The Hall–Kier alpha value is -7.36. The molecule has 15 heteroatoms. The molecule has 326 valence electrons. The van der Waals surface area contributed by atoms with Gasteiger partial charge >= 0.3 is 0 Å². The maximum atomic E-state index is 11.1. The van der Waals surface area contributed by atoms with Crippen molar-refractivity contribution < 1.29 is 76.2 Å². The van der Waals surface area contributed by atoms with E-state index in [1.807, 2.05) is 0 Å². The number of benzene rings is 6. The summed E-state index contributed by atoms with van der Waals surface area (Å²) >= 11 is 0. The second-order valence-electron chi connectivity index (χ2n) is 15.0. The maximum Gasteiger partial charge on any atom is 0.157 e. The molecule has 6 aromatic rings. The molecule has 0 saturated carbocycles. The molecule has 3 unspecified atom stereocenters. The van der Waals surface area contributed by atoms with Gasteiger partial charge in [-0.2, -0.15) is 0 Å². The van der Waals surface area contributed by atoms with E-state index in [1.54, 1.807) is 36.4 Å². The van der Waals surface area contributed by atoms with E-state index >= 15 is 0 Å². The van der Waals surface area contributed by atoms with Crippen molar-refractivity contribution in [3.63, 3.8) is 0 Å². The number of aliphatic hydroxyl groups is 2. The average molecular weight is 853 g/mol. The summed E-state index contributed by atoms with van der Waals surface area (Å²) in [5.41, 5.74) is 3.62. The zero-order chi connectivity index (χ0) is 44.8. The lowest BCUT2D eigenvalue weighted by atomic mass is 9.70. The van der Waals surface area contributed by atoms with Crippen LogP contribution in [0.1, 0.15) is 70.0 Å². The molecule has 0 bridgehead atoms. The largest absolute Gasteiger partial charge is 0.508 e. The molecule has 0 spiro atoms. The van der Waals surface area contributed by atoms with Gasteiger partial charge in [0.15, 0.2) is 34.5 Å². The number of fused-ring (bicyclic) bond motifs is 3. The zero-order valence-electron chi connectivity index (χ0n) is 33.2. The molecule has 2 aliphatic carbocycles. The predicted octanol–water partition coefficient (Wildman–Crippen LogP) is 6.42. The Balaban J connectivity index is 0.000000214. The molecule has 14 N–H and O–H groups in total. The fourth-order valence-electron chi connectivity index (χ4n) is 8.20. The van der Waals surface area contributed by atoms with Gasteiger partial charge in [-0.3, -0.25) is 0 Å². The summed E-state index contributed by atoms with van der Waals surface area (Å²) in [6, 6.07) is 23.4. The summed E-state index contributed by atoms with van der Waals surface area (Å²) in [7, 11) is 0. The highest BCUT2D eigenvalue weighted by Gasteiger charge is 2.41. The van der Waals surface area contributed by atoms with Crippen molar-refractivity contribution in [3.8, 4) is 74.7 Å². The van der Waals surface area contributed by atoms with E-state index in [0.717, 1.165) is 11.6 Å². The Morgan fingerprint density at radius 1 is 0.419 bits per heavy atom. The van der Waals surface area contributed by atoms with Gasteiger partial charge < -0.3 is 76.2 Å². The van der Waals surface area contributed by atoms with Crippen molar-refractivity contribution in [1.29, 1.82) is 0 Å². The van der Waals surface area contributed by atoms with E-state index in [9.17, 15) is 40.9 Å². The Labute approximate surface area is 355 Å². The van der Waals surface area contributed by atoms with Crippen molar-refractivity contribution in [2.75, 3.05) is 6.61 Å². The van der Waals surface area contributed by atoms with Gasteiger partial charge in [0.2, 0.25) is 0 Å². The number of phenolic OH excluding ortho intramolecular Hbond substituents is 12. The van der Waals surface area contributed by atoms with E-state index in [1.165, 1.54) is 54.6 Å². The second-order valence-corrected chi connectivity index (χ2v) is 15.0. The van der Waals surface area contributed by atoms with Gasteiger partial charge in [0, 0.05) is 70.3 Å². The summed E-state index contributed by atoms with van der Waals surface area (Å²) in [5.74, 6) is -2.70. The lowest BCUT2D eigenvalue weighted by Crippen LogP contribution is -2.33. The normalized spacial score (nSPS) is 18.3. The standard InChI is InChI=1S/C29H30O9.3C6H6O2/c30-12-4-5-14-17(6-12)18(32)9-20(34)25(14)15-2-1-3-16-26(15)21(35)10-22(36)27(16)29-23(37)11-38-24-8-13(31)7-19(33)28(24)29;3*7-5-3-1-2-4-6(5)8/h7-10,12,15,23,29-37H,1-6,11H2;3*1-4,7-8H/t12?,15?,23?,29-;;;/m1.../s1. The van der Waals surface area contributed by atoms with Crippen LogP contribution in [0.4, 0.5) is 0 Å². The third kappa shape index (κ3) is 9.49. The van der Waals surface area contributed by atoms with Gasteiger partial charge in [-0.05, 0) is 79.6 Å². The first-order valence-corrected chi connectivity index (χ1v) is 19.7. The van der Waals surface area contributed by atoms with E-state index < -0.39 is 24.0 Å². The van der Waals surface area contributed by atoms with Gasteiger partial charge in [0.25, 0.3) is 0 Å². The molecule has 0 aromatic heterocycles. The summed E-state index contributed by atoms with van der Waals surface area (Å²) in [6.07, 6.45) is 1.18. The van der Waals surface area contributed by atoms with Crippen LogP contribution in [-0.4, -0.2) is 90.3 Å². The number of aliphatic hydroxyl groups excluding tert-OH is 2. The number of rotatable bonds is 2. The van der Waals surface area contributed by atoms with E-state index in [0.29, 0.717) is 59.9 Å². The molecule has 0 radical (unpaired) electrons. The lowest BCUT2D eigenvalue weighted by Gasteiger charge is -2.37. The summed E-state index contributed by atoms with van der Waals surface area (Å²) in [5, 5.41) is 138. The molecule has 62 heavy (non-hydrogen) atoms. The molecule has 1 heterocycles.